The summed E-state index contributed by atoms with van der Waals surface area (Å²) >= 11 is 0. The van der Waals surface area contributed by atoms with E-state index in [4.69, 9.17) is 5.73 Å². The molecule has 4 N–H and O–H groups in total. The number of anilines is 1. The van der Waals surface area contributed by atoms with Crippen LogP contribution in [-0.2, 0) is 0 Å². The first-order valence-corrected chi connectivity index (χ1v) is 6.67. The van der Waals surface area contributed by atoms with Crippen LogP contribution in [0.5, 0.6) is 0 Å². The molecule has 0 saturated heterocycles. The lowest BCUT2D eigenvalue weighted by molar-refractivity contribution is 0.659. The number of nitrogens with two attached hydrogens (primary N) is 1. The van der Waals surface area contributed by atoms with E-state index in [0.717, 1.165) is 11.6 Å². The predicted octanol–water partition coefficient (Wildman–Crippen LogP) is 2.55. The predicted molar refractivity (Wildman–Crippen MR) is 85.5 cm³/mol. The number of nitrogen functional groups attached to an aromatic ring is 1. The highest BCUT2D eigenvalue weighted by Crippen LogP contribution is 2.03. The lowest BCUT2D eigenvalue weighted by Gasteiger charge is -2.16. The standard InChI is InChI=1S/C8H19N3.C7H9N/c1-6(2)10-8(9-5)11-7(3)4;1-6-3-2-4-7(8)5-6/h6-7H,1-5H3,(H2,9,10,11);2-5H,8H2,1H3. The Morgan fingerprint density at radius 1 is 1.11 bits per heavy atom. The molecule has 19 heavy (non-hydrogen) atoms. The van der Waals surface area contributed by atoms with Crippen LogP contribution < -0.4 is 16.4 Å². The molecule has 1 aromatic carbocycles. The summed E-state index contributed by atoms with van der Waals surface area (Å²) in [6.45, 7) is 10.4. The topological polar surface area (TPSA) is 62.4 Å². The van der Waals surface area contributed by atoms with E-state index >= 15 is 0 Å². The molecule has 0 aliphatic carbocycles. The summed E-state index contributed by atoms with van der Waals surface area (Å²) in [6.07, 6.45) is 0. The van der Waals surface area contributed by atoms with Crippen LogP contribution in [0.4, 0.5) is 5.69 Å². The molecule has 108 valence electrons. The van der Waals surface area contributed by atoms with Crippen molar-refractivity contribution < 1.29 is 0 Å². The van der Waals surface area contributed by atoms with Gasteiger partial charge in [0.25, 0.3) is 0 Å². The summed E-state index contributed by atoms with van der Waals surface area (Å²) < 4.78 is 0. The van der Waals surface area contributed by atoms with Crippen LogP contribution in [0.25, 0.3) is 0 Å². The third kappa shape index (κ3) is 9.94. The minimum atomic E-state index is 0.431. The van der Waals surface area contributed by atoms with Gasteiger partial charge in [0.1, 0.15) is 0 Å². The summed E-state index contributed by atoms with van der Waals surface area (Å²) in [7, 11) is 1.78. The van der Waals surface area contributed by atoms with E-state index in [9.17, 15) is 0 Å². The quantitative estimate of drug-likeness (QED) is 0.437. The molecular formula is C15H28N4. The Hall–Kier alpha value is -1.71. The van der Waals surface area contributed by atoms with Gasteiger partial charge in [0.05, 0.1) is 0 Å². The van der Waals surface area contributed by atoms with E-state index < -0.39 is 0 Å². The highest BCUT2D eigenvalue weighted by atomic mass is 15.2. The molecule has 1 rings (SSSR count). The number of guanidine groups is 1. The Bertz CT molecular complexity index is 354. The Morgan fingerprint density at radius 3 is 1.89 bits per heavy atom. The Balaban J connectivity index is 0.000000356. The second-order valence-corrected chi connectivity index (χ2v) is 5.08. The Morgan fingerprint density at radius 2 is 1.63 bits per heavy atom. The molecule has 0 aliphatic rings. The van der Waals surface area contributed by atoms with E-state index in [0.29, 0.717) is 12.1 Å². The van der Waals surface area contributed by atoms with Gasteiger partial charge in [-0.3, -0.25) is 4.99 Å². The first-order chi connectivity index (χ1) is 8.85. The number of aliphatic imine (C=N–C) groups is 1. The maximum atomic E-state index is 5.46. The maximum Gasteiger partial charge on any atom is 0.191 e. The molecule has 0 aliphatic heterocycles. The van der Waals surface area contributed by atoms with Crippen LogP contribution in [0.15, 0.2) is 29.3 Å². The third-order valence-electron chi connectivity index (χ3n) is 2.12. The fourth-order valence-electron chi connectivity index (χ4n) is 1.39. The highest BCUT2D eigenvalue weighted by Gasteiger charge is 2.00. The monoisotopic (exact) mass is 264 g/mol. The van der Waals surface area contributed by atoms with Gasteiger partial charge in [-0.05, 0) is 52.3 Å². The number of hydrogen-bond donors (Lipinski definition) is 3. The Labute approximate surface area is 117 Å². The van der Waals surface area contributed by atoms with E-state index in [-0.39, 0.29) is 0 Å². The van der Waals surface area contributed by atoms with Crippen molar-refractivity contribution in [1.29, 1.82) is 0 Å². The maximum absolute atomic E-state index is 5.46. The fraction of sp³-hybridized carbons (Fsp3) is 0.533. The fourth-order valence-corrected chi connectivity index (χ4v) is 1.39. The number of nitrogens with zero attached hydrogens (tertiary/aromatic N) is 1. The molecule has 0 unspecified atom stereocenters. The minimum Gasteiger partial charge on any atom is -0.399 e. The molecule has 0 atom stereocenters. The number of aryl methyl sites for hydroxylation is 1. The first kappa shape index (κ1) is 17.3. The van der Waals surface area contributed by atoms with E-state index in [1.807, 2.05) is 31.2 Å². The second-order valence-electron chi connectivity index (χ2n) is 5.08. The number of benzene rings is 1. The van der Waals surface area contributed by atoms with Gasteiger partial charge in [-0.15, -0.1) is 0 Å². The van der Waals surface area contributed by atoms with E-state index in [1.165, 1.54) is 5.56 Å². The summed E-state index contributed by atoms with van der Waals surface area (Å²) in [6, 6.07) is 8.66. The summed E-state index contributed by atoms with van der Waals surface area (Å²) in [5, 5.41) is 6.40. The Kier molecular flexibility index (Phi) is 8.42. The molecule has 0 amide bonds. The lowest BCUT2D eigenvalue weighted by Crippen LogP contribution is -2.43. The van der Waals surface area contributed by atoms with Gasteiger partial charge in [0.15, 0.2) is 5.96 Å². The molecule has 0 heterocycles. The summed E-state index contributed by atoms with van der Waals surface area (Å²) in [5.74, 6) is 0.870. The van der Waals surface area contributed by atoms with Crippen molar-refractivity contribution in [1.82, 2.24) is 10.6 Å². The molecule has 0 spiro atoms. The number of hydrogen-bond acceptors (Lipinski definition) is 2. The largest absolute Gasteiger partial charge is 0.399 e. The zero-order valence-electron chi connectivity index (χ0n) is 13.0. The highest BCUT2D eigenvalue weighted by molar-refractivity contribution is 5.80. The van der Waals surface area contributed by atoms with Gasteiger partial charge >= 0.3 is 0 Å². The van der Waals surface area contributed by atoms with Gasteiger partial charge in [-0.1, -0.05) is 12.1 Å². The molecular weight excluding hydrogens is 236 g/mol. The normalized spacial score (nSPS) is 9.68. The van der Waals surface area contributed by atoms with Gasteiger partial charge in [-0.2, -0.15) is 0 Å². The molecule has 0 fully saturated rings. The second kappa shape index (κ2) is 9.25. The van der Waals surface area contributed by atoms with Gasteiger partial charge < -0.3 is 16.4 Å². The molecule has 0 radical (unpaired) electrons. The van der Waals surface area contributed by atoms with Crippen LogP contribution in [0.3, 0.4) is 0 Å². The zero-order chi connectivity index (χ0) is 14.8. The average molecular weight is 264 g/mol. The molecule has 4 nitrogen and oxygen atoms in total. The van der Waals surface area contributed by atoms with Crippen molar-refractivity contribution in [2.45, 2.75) is 46.7 Å². The van der Waals surface area contributed by atoms with Crippen molar-refractivity contribution in [3.63, 3.8) is 0 Å². The number of rotatable bonds is 2. The third-order valence-corrected chi connectivity index (χ3v) is 2.12. The summed E-state index contributed by atoms with van der Waals surface area (Å²) in [4.78, 5) is 4.06. The van der Waals surface area contributed by atoms with Gasteiger partial charge in [0.2, 0.25) is 0 Å². The molecule has 0 aromatic heterocycles. The smallest absolute Gasteiger partial charge is 0.191 e. The van der Waals surface area contributed by atoms with Crippen LogP contribution in [0.2, 0.25) is 0 Å². The zero-order valence-corrected chi connectivity index (χ0v) is 13.0. The number of nitrogens with one attached hydrogen (secondary N) is 2. The van der Waals surface area contributed by atoms with Crippen LogP contribution >= 0.6 is 0 Å². The van der Waals surface area contributed by atoms with E-state index in [2.05, 4.69) is 43.3 Å². The van der Waals surface area contributed by atoms with Crippen molar-refractivity contribution in [2.24, 2.45) is 4.99 Å². The van der Waals surface area contributed by atoms with Crippen molar-refractivity contribution >= 4 is 11.6 Å². The van der Waals surface area contributed by atoms with Gasteiger partial charge in [-0.25, -0.2) is 0 Å². The summed E-state index contributed by atoms with van der Waals surface area (Å²) in [5.41, 5.74) is 7.51. The van der Waals surface area contributed by atoms with Crippen molar-refractivity contribution in [3.05, 3.63) is 29.8 Å². The first-order valence-electron chi connectivity index (χ1n) is 6.67. The van der Waals surface area contributed by atoms with Crippen LogP contribution in [0.1, 0.15) is 33.3 Å². The lowest BCUT2D eigenvalue weighted by atomic mass is 10.2. The van der Waals surface area contributed by atoms with Crippen molar-refractivity contribution in [2.75, 3.05) is 12.8 Å². The molecule has 4 heteroatoms. The molecule has 1 aromatic rings. The average Bonchev–Trinajstić information content (AvgIpc) is 2.27. The molecule has 0 saturated carbocycles. The van der Waals surface area contributed by atoms with Crippen LogP contribution in [-0.4, -0.2) is 25.1 Å². The van der Waals surface area contributed by atoms with E-state index in [1.54, 1.807) is 7.05 Å². The minimum absolute atomic E-state index is 0.431. The molecule has 0 bridgehead atoms. The van der Waals surface area contributed by atoms with Crippen molar-refractivity contribution in [3.8, 4) is 0 Å². The van der Waals surface area contributed by atoms with Gasteiger partial charge in [0, 0.05) is 24.8 Å². The SMILES string of the molecule is CN=C(NC(C)C)NC(C)C.Cc1cccc(N)c1. The van der Waals surface area contributed by atoms with Crippen LogP contribution in [0, 0.1) is 6.92 Å².